The fourth-order valence-corrected chi connectivity index (χ4v) is 1.74. The van der Waals surface area contributed by atoms with E-state index in [2.05, 4.69) is 0 Å². The largest absolute Gasteiger partial charge is 0.497 e. The van der Waals surface area contributed by atoms with E-state index in [0.717, 1.165) is 6.42 Å². The number of ketones is 1. The maximum atomic E-state index is 11.7. The lowest BCUT2D eigenvalue weighted by molar-refractivity contribution is -0.147. The van der Waals surface area contributed by atoms with E-state index in [1.165, 1.54) is 0 Å². The molecule has 1 atom stereocenters. The van der Waals surface area contributed by atoms with Gasteiger partial charge in [0.15, 0.2) is 6.10 Å². The molecule has 2 heterocycles. The Morgan fingerprint density at radius 3 is 2.75 bits per heavy atom. The van der Waals surface area contributed by atoms with Crippen LogP contribution in [-0.4, -0.2) is 35.5 Å². The summed E-state index contributed by atoms with van der Waals surface area (Å²) in [7, 11) is 0. The fourth-order valence-electron chi connectivity index (χ4n) is 1.74. The van der Waals surface area contributed by atoms with Gasteiger partial charge in [0.05, 0.1) is 13.0 Å². The summed E-state index contributed by atoms with van der Waals surface area (Å²) in [5.41, 5.74) is -0.108. The normalized spacial score (nSPS) is 29.1. The molecule has 0 radical (unpaired) electrons. The van der Waals surface area contributed by atoms with Crippen LogP contribution in [0.25, 0.3) is 0 Å². The monoisotopic (exact) mass is 226 g/mol. The van der Waals surface area contributed by atoms with Crippen LogP contribution in [0.5, 0.6) is 0 Å². The number of carboxylic acids is 1. The summed E-state index contributed by atoms with van der Waals surface area (Å²) in [4.78, 5) is 33.5. The predicted molar refractivity (Wildman–Crippen MR) is 49.4 cm³/mol. The molecule has 0 aromatic carbocycles. The second kappa shape index (κ2) is 3.96. The number of hydrogen-bond donors (Lipinski definition) is 1. The molecule has 6 heteroatoms. The Balaban J connectivity index is 2.23. The Bertz CT molecular complexity index is 386. The average Bonchev–Trinajstić information content (AvgIpc) is 2.76. The summed E-state index contributed by atoms with van der Waals surface area (Å²) >= 11 is 0. The van der Waals surface area contributed by atoms with Crippen LogP contribution in [0.1, 0.15) is 19.3 Å². The molecule has 6 nitrogen and oxygen atoms in total. The third-order valence-corrected chi connectivity index (χ3v) is 2.46. The van der Waals surface area contributed by atoms with Crippen molar-refractivity contribution in [3.63, 3.8) is 0 Å². The molecule has 2 fully saturated rings. The first-order chi connectivity index (χ1) is 7.59. The zero-order chi connectivity index (χ0) is 11.7. The van der Waals surface area contributed by atoms with Gasteiger partial charge in [0.1, 0.15) is 11.3 Å². The van der Waals surface area contributed by atoms with Crippen molar-refractivity contribution in [3.8, 4) is 0 Å². The van der Waals surface area contributed by atoms with Crippen molar-refractivity contribution >= 4 is 17.7 Å². The van der Waals surface area contributed by atoms with E-state index in [0.29, 0.717) is 18.8 Å². The Kier molecular flexibility index (Phi) is 2.64. The van der Waals surface area contributed by atoms with Crippen molar-refractivity contribution in [2.45, 2.75) is 25.4 Å². The lowest BCUT2D eigenvalue weighted by Gasteiger charge is -2.01. The van der Waals surface area contributed by atoms with Crippen molar-refractivity contribution < 1.29 is 29.0 Å². The lowest BCUT2D eigenvalue weighted by atomic mass is 10.1. The lowest BCUT2D eigenvalue weighted by Crippen LogP contribution is -2.20. The van der Waals surface area contributed by atoms with Crippen LogP contribution < -0.4 is 0 Å². The molecule has 2 aliphatic rings. The zero-order valence-electron chi connectivity index (χ0n) is 8.39. The Morgan fingerprint density at radius 2 is 2.19 bits per heavy atom. The maximum Gasteiger partial charge on any atom is 0.346 e. The van der Waals surface area contributed by atoms with Crippen LogP contribution in [0.2, 0.25) is 0 Å². The second-order valence-corrected chi connectivity index (χ2v) is 3.61. The number of aliphatic carboxylic acids is 1. The molecular weight excluding hydrogens is 216 g/mol. The van der Waals surface area contributed by atoms with E-state index in [1.54, 1.807) is 0 Å². The molecule has 86 valence electrons. The van der Waals surface area contributed by atoms with Gasteiger partial charge in [-0.2, -0.15) is 0 Å². The molecule has 1 N–H and O–H groups in total. The molecule has 0 bridgehead atoms. The van der Waals surface area contributed by atoms with E-state index in [1.807, 2.05) is 0 Å². The highest BCUT2D eigenvalue weighted by Crippen LogP contribution is 2.28. The molecule has 0 aliphatic carbocycles. The number of ether oxygens (including phenoxy) is 2. The van der Waals surface area contributed by atoms with E-state index in [9.17, 15) is 14.4 Å². The van der Waals surface area contributed by atoms with Crippen LogP contribution >= 0.6 is 0 Å². The third-order valence-electron chi connectivity index (χ3n) is 2.46. The molecule has 0 amide bonds. The molecule has 0 unspecified atom stereocenters. The molecule has 2 aliphatic heterocycles. The summed E-state index contributed by atoms with van der Waals surface area (Å²) in [5.74, 6) is -2.19. The highest BCUT2D eigenvalue weighted by Gasteiger charge is 2.42. The molecule has 0 aromatic rings. The third kappa shape index (κ3) is 1.78. The van der Waals surface area contributed by atoms with E-state index < -0.39 is 30.2 Å². The first kappa shape index (κ1) is 10.7. The maximum absolute atomic E-state index is 11.7. The number of esters is 1. The number of rotatable bonds is 2. The topological polar surface area (TPSA) is 89.9 Å². The standard InChI is InChI=1S/C10H10O6/c11-7(12)4-6-9(13)8(10(14)16-6)5-2-1-3-15-5/h6H,1-4H2,(H,11,12)/b8-5+/t6-/m0/s1. The van der Waals surface area contributed by atoms with Crippen LogP contribution in [0, 0.1) is 0 Å². The molecule has 2 saturated heterocycles. The van der Waals surface area contributed by atoms with Gasteiger partial charge in [-0.3, -0.25) is 9.59 Å². The molecule has 2 rings (SSSR count). The summed E-state index contributed by atoms with van der Waals surface area (Å²) in [5, 5.41) is 8.54. The minimum absolute atomic E-state index is 0.108. The first-order valence-corrected chi connectivity index (χ1v) is 4.92. The second-order valence-electron chi connectivity index (χ2n) is 3.61. The van der Waals surface area contributed by atoms with Crippen LogP contribution in [0.15, 0.2) is 11.3 Å². The Morgan fingerprint density at radius 1 is 1.44 bits per heavy atom. The number of hydrogen-bond acceptors (Lipinski definition) is 5. The minimum Gasteiger partial charge on any atom is -0.497 e. The molecule has 0 aromatic heterocycles. The summed E-state index contributed by atoms with van der Waals surface area (Å²) in [6.45, 7) is 0.475. The van der Waals surface area contributed by atoms with E-state index in [4.69, 9.17) is 14.6 Å². The number of cyclic esters (lactones) is 1. The van der Waals surface area contributed by atoms with Gasteiger partial charge in [-0.05, 0) is 6.42 Å². The number of carboxylic acid groups (broad SMARTS) is 1. The predicted octanol–water partition coefficient (Wildman–Crippen LogP) is 0.0201. The van der Waals surface area contributed by atoms with Crippen LogP contribution in [0.4, 0.5) is 0 Å². The zero-order valence-corrected chi connectivity index (χ0v) is 8.39. The van der Waals surface area contributed by atoms with Crippen LogP contribution in [0.3, 0.4) is 0 Å². The highest BCUT2D eigenvalue weighted by atomic mass is 16.6. The smallest absolute Gasteiger partial charge is 0.346 e. The van der Waals surface area contributed by atoms with Gasteiger partial charge in [0, 0.05) is 6.42 Å². The van der Waals surface area contributed by atoms with Crippen molar-refractivity contribution in [2.24, 2.45) is 0 Å². The van der Waals surface area contributed by atoms with Gasteiger partial charge >= 0.3 is 11.9 Å². The van der Waals surface area contributed by atoms with Crippen molar-refractivity contribution in [1.82, 2.24) is 0 Å². The molecular formula is C10H10O6. The Hall–Kier alpha value is -1.85. The summed E-state index contributed by atoms with van der Waals surface area (Å²) in [6.07, 6.45) is -0.419. The van der Waals surface area contributed by atoms with Gasteiger partial charge < -0.3 is 14.6 Å². The van der Waals surface area contributed by atoms with Gasteiger partial charge in [-0.15, -0.1) is 0 Å². The van der Waals surface area contributed by atoms with Gasteiger partial charge in [-0.25, -0.2) is 4.79 Å². The van der Waals surface area contributed by atoms with Crippen molar-refractivity contribution in [2.75, 3.05) is 6.61 Å². The fraction of sp³-hybridized carbons (Fsp3) is 0.500. The van der Waals surface area contributed by atoms with Gasteiger partial charge in [-0.1, -0.05) is 0 Å². The minimum atomic E-state index is -1.20. The Labute approximate surface area is 90.8 Å². The number of carbonyl (C=O) groups is 3. The van der Waals surface area contributed by atoms with Crippen molar-refractivity contribution in [1.29, 1.82) is 0 Å². The molecule has 0 spiro atoms. The van der Waals surface area contributed by atoms with Gasteiger partial charge in [0.25, 0.3) is 0 Å². The first-order valence-electron chi connectivity index (χ1n) is 4.92. The number of Topliss-reactive ketones (excluding diaryl/α,β-unsaturated/α-hetero) is 1. The van der Waals surface area contributed by atoms with E-state index >= 15 is 0 Å². The van der Waals surface area contributed by atoms with Gasteiger partial charge in [0.2, 0.25) is 5.78 Å². The summed E-state index contributed by atoms with van der Waals surface area (Å²) < 4.78 is 9.84. The highest BCUT2D eigenvalue weighted by molar-refractivity contribution is 6.24. The van der Waals surface area contributed by atoms with Crippen molar-refractivity contribution in [3.05, 3.63) is 11.3 Å². The molecule has 16 heavy (non-hydrogen) atoms. The summed E-state index contributed by atoms with van der Waals surface area (Å²) in [6, 6.07) is 0. The number of carbonyl (C=O) groups excluding carboxylic acids is 2. The average molecular weight is 226 g/mol. The number of allylic oxidation sites excluding steroid dienone is 1. The molecule has 0 saturated carbocycles. The van der Waals surface area contributed by atoms with E-state index in [-0.39, 0.29) is 5.57 Å². The quantitative estimate of drug-likeness (QED) is 0.405. The SMILES string of the molecule is O=C(O)C[C@@H]1OC(=O)/C(=C2\CCCO2)C1=O. The van der Waals surface area contributed by atoms with Crippen LogP contribution in [-0.2, 0) is 23.9 Å².